The zero-order valence-corrected chi connectivity index (χ0v) is 18.5. The van der Waals surface area contributed by atoms with Crippen molar-refractivity contribution in [2.45, 2.75) is 70.7 Å². The minimum Gasteiger partial charge on any atom is -0.392 e. The fourth-order valence-electron chi connectivity index (χ4n) is 8.71. The van der Waals surface area contributed by atoms with Crippen LogP contribution in [0.2, 0.25) is 0 Å². The van der Waals surface area contributed by atoms with Gasteiger partial charge in [0.05, 0.1) is 24.7 Å². The largest absolute Gasteiger partial charge is 0.392 e. The summed E-state index contributed by atoms with van der Waals surface area (Å²) in [5, 5.41) is 49.5. The predicted molar refractivity (Wildman–Crippen MR) is 108 cm³/mol. The number of fused-ring (bicyclic) bond motifs is 2. The van der Waals surface area contributed by atoms with E-state index < -0.39 is 69.8 Å². The number of amides is 1. The second kappa shape index (κ2) is 5.97. The molecule has 3 heterocycles. The zero-order chi connectivity index (χ0) is 22.9. The molecule has 3 saturated heterocycles. The monoisotopic (exact) mass is 435 g/mol. The molecule has 3 unspecified atom stereocenters. The summed E-state index contributed by atoms with van der Waals surface area (Å²) >= 11 is 0. The van der Waals surface area contributed by atoms with Crippen molar-refractivity contribution in [2.75, 3.05) is 6.61 Å². The summed E-state index contributed by atoms with van der Waals surface area (Å²) in [5.74, 6) is -5.49. The molecule has 0 radical (unpaired) electrons. The van der Waals surface area contributed by atoms with Crippen LogP contribution in [0.15, 0.2) is 12.2 Å². The van der Waals surface area contributed by atoms with Crippen molar-refractivity contribution in [1.82, 2.24) is 5.32 Å². The van der Waals surface area contributed by atoms with Crippen molar-refractivity contribution < 1.29 is 34.8 Å². The first kappa shape index (κ1) is 21.5. The molecule has 6 fully saturated rings. The standard InChI is InChI=1S/C23H33NO7/c1-9(2)11-6-7-12-21-8-31-23(30,22(12,10(3)25)16(11)26)18(28)14(21)20(4,5)15-13(17(21)27)19(29)24-15/h11-18,26-28,30H,1,6-8H2,2-5H3,(H,24,29)/t11-,12-,13?,14+,15?,16+,17?,18-,21-,22+,23-/m0/s1. The molecule has 172 valence electrons. The van der Waals surface area contributed by atoms with Gasteiger partial charge in [-0.15, -0.1) is 0 Å². The Labute approximate surface area is 181 Å². The van der Waals surface area contributed by atoms with Crippen LogP contribution in [0.4, 0.5) is 0 Å². The van der Waals surface area contributed by atoms with Gasteiger partial charge in [-0.1, -0.05) is 26.0 Å². The summed E-state index contributed by atoms with van der Waals surface area (Å²) in [4.78, 5) is 25.8. The lowest BCUT2D eigenvalue weighted by Gasteiger charge is -2.78. The number of nitrogens with one attached hydrogen (secondary N) is 1. The molecular formula is C23H33NO7. The van der Waals surface area contributed by atoms with E-state index in [-0.39, 0.29) is 18.6 Å². The number of hydrogen-bond donors (Lipinski definition) is 5. The van der Waals surface area contributed by atoms with Crippen molar-refractivity contribution in [1.29, 1.82) is 0 Å². The van der Waals surface area contributed by atoms with Crippen LogP contribution in [0.5, 0.6) is 0 Å². The van der Waals surface area contributed by atoms with Gasteiger partial charge in [0.1, 0.15) is 17.3 Å². The van der Waals surface area contributed by atoms with Gasteiger partial charge in [-0.05, 0) is 38.0 Å². The van der Waals surface area contributed by atoms with E-state index in [0.29, 0.717) is 18.4 Å². The molecule has 1 amide bonds. The number of β-lactam (4-membered cyclic amide) rings is 1. The van der Waals surface area contributed by atoms with Gasteiger partial charge in [-0.3, -0.25) is 9.59 Å². The molecule has 0 aromatic rings. The summed E-state index contributed by atoms with van der Waals surface area (Å²) < 4.78 is 5.88. The molecule has 8 nitrogen and oxygen atoms in total. The van der Waals surface area contributed by atoms with Gasteiger partial charge >= 0.3 is 0 Å². The number of aliphatic hydroxyl groups is 4. The second-order valence-electron chi connectivity index (χ2n) is 11.3. The first-order chi connectivity index (χ1) is 14.3. The van der Waals surface area contributed by atoms with Gasteiger partial charge in [0.2, 0.25) is 11.7 Å². The average Bonchev–Trinajstić information content (AvgIpc) is 2.65. The van der Waals surface area contributed by atoms with Gasteiger partial charge in [0, 0.05) is 23.3 Å². The van der Waals surface area contributed by atoms with E-state index in [9.17, 15) is 30.0 Å². The Bertz CT molecular complexity index is 887. The summed E-state index contributed by atoms with van der Waals surface area (Å²) in [6.07, 6.45) is -3.05. The second-order valence-corrected chi connectivity index (χ2v) is 11.3. The third-order valence-corrected chi connectivity index (χ3v) is 9.91. The van der Waals surface area contributed by atoms with Gasteiger partial charge in [0.15, 0.2) is 0 Å². The number of Topliss-reactive ketones (excluding diaryl/α,β-unsaturated/α-hetero) is 1. The fraction of sp³-hybridized carbons (Fsp3) is 0.826. The zero-order valence-electron chi connectivity index (χ0n) is 18.5. The quantitative estimate of drug-likeness (QED) is 0.298. The number of carbonyl (C=O) groups is 2. The van der Waals surface area contributed by atoms with Crippen LogP contribution in [0, 0.1) is 39.9 Å². The van der Waals surface area contributed by atoms with E-state index in [1.807, 2.05) is 13.8 Å². The highest BCUT2D eigenvalue weighted by Gasteiger charge is 2.86. The predicted octanol–water partition coefficient (Wildman–Crippen LogP) is -0.264. The van der Waals surface area contributed by atoms with Crippen LogP contribution in [-0.4, -0.2) is 68.9 Å². The lowest BCUT2D eigenvalue weighted by molar-refractivity contribution is -0.466. The first-order valence-electron chi connectivity index (χ1n) is 11.2. The summed E-state index contributed by atoms with van der Waals surface area (Å²) in [5.41, 5.74) is -2.97. The Balaban J connectivity index is 1.78. The lowest BCUT2D eigenvalue weighted by atomic mass is 9.32. The molecule has 6 aliphatic rings. The molecule has 3 aliphatic carbocycles. The molecule has 6 rings (SSSR count). The van der Waals surface area contributed by atoms with Crippen molar-refractivity contribution >= 4 is 11.7 Å². The maximum atomic E-state index is 13.3. The molecule has 0 aromatic carbocycles. The fourth-order valence-corrected chi connectivity index (χ4v) is 8.71. The van der Waals surface area contributed by atoms with Crippen LogP contribution in [0.25, 0.3) is 0 Å². The lowest BCUT2D eigenvalue weighted by Crippen LogP contribution is -2.91. The molecule has 8 heteroatoms. The van der Waals surface area contributed by atoms with E-state index in [0.717, 1.165) is 0 Å². The van der Waals surface area contributed by atoms with E-state index in [1.165, 1.54) is 6.92 Å². The van der Waals surface area contributed by atoms with Gasteiger partial charge in [-0.2, -0.15) is 0 Å². The van der Waals surface area contributed by atoms with Gasteiger partial charge < -0.3 is 30.5 Å². The minimum absolute atomic E-state index is 0.0868. The third-order valence-electron chi connectivity index (χ3n) is 9.91. The normalized spacial score (nSPS) is 56.5. The van der Waals surface area contributed by atoms with Gasteiger partial charge in [-0.25, -0.2) is 0 Å². The highest BCUT2D eigenvalue weighted by Crippen LogP contribution is 2.75. The highest BCUT2D eigenvalue weighted by molar-refractivity contribution is 5.88. The Morgan fingerprint density at radius 3 is 2.32 bits per heavy atom. The smallest absolute Gasteiger partial charge is 0.228 e. The van der Waals surface area contributed by atoms with Crippen molar-refractivity contribution in [2.24, 2.45) is 39.9 Å². The summed E-state index contributed by atoms with van der Waals surface area (Å²) in [6, 6.07) is -0.355. The van der Waals surface area contributed by atoms with Crippen LogP contribution in [-0.2, 0) is 14.3 Å². The van der Waals surface area contributed by atoms with Crippen LogP contribution in [0.3, 0.4) is 0 Å². The Morgan fingerprint density at radius 2 is 1.77 bits per heavy atom. The summed E-state index contributed by atoms with van der Waals surface area (Å²) in [6.45, 7) is 10.8. The maximum Gasteiger partial charge on any atom is 0.228 e. The van der Waals surface area contributed by atoms with E-state index in [2.05, 4.69) is 11.9 Å². The van der Waals surface area contributed by atoms with E-state index in [1.54, 1.807) is 6.92 Å². The third kappa shape index (κ3) is 1.97. The molecule has 5 N–H and O–H groups in total. The number of rotatable bonds is 2. The molecule has 3 saturated carbocycles. The van der Waals surface area contributed by atoms with Crippen LogP contribution >= 0.6 is 0 Å². The molecule has 2 bridgehead atoms. The van der Waals surface area contributed by atoms with Crippen molar-refractivity contribution in [3.63, 3.8) is 0 Å². The van der Waals surface area contributed by atoms with E-state index in [4.69, 9.17) is 4.74 Å². The number of aliphatic hydroxyl groups excluding tert-OH is 3. The maximum absolute atomic E-state index is 13.3. The topological polar surface area (TPSA) is 136 Å². The Kier molecular flexibility index (Phi) is 4.14. The molecular weight excluding hydrogens is 402 g/mol. The van der Waals surface area contributed by atoms with Gasteiger partial charge in [0.25, 0.3) is 0 Å². The van der Waals surface area contributed by atoms with Crippen molar-refractivity contribution in [3.8, 4) is 0 Å². The average molecular weight is 436 g/mol. The number of hydrogen-bond acceptors (Lipinski definition) is 7. The molecule has 3 aliphatic heterocycles. The number of ether oxygens (including phenoxy) is 1. The number of carbonyl (C=O) groups excluding carboxylic acids is 2. The molecule has 31 heavy (non-hydrogen) atoms. The molecule has 1 spiro atoms. The Hall–Kier alpha value is -1.32. The van der Waals surface area contributed by atoms with E-state index >= 15 is 0 Å². The minimum atomic E-state index is -2.30. The number of ketones is 1. The Morgan fingerprint density at radius 1 is 1.13 bits per heavy atom. The molecule has 0 aromatic heterocycles. The first-order valence-corrected chi connectivity index (χ1v) is 11.2. The summed E-state index contributed by atoms with van der Waals surface area (Å²) in [7, 11) is 0. The van der Waals surface area contributed by atoms with Crippen molar-refractivity contribution in [3.05, 3.63) is 12.2 Å². The highest BCUT2D eigenvalue weighted by atomic mass is 16.6. The van der Waals surface area contributed by atoms with Crippen LogP contribution < -0.4 is 5.32 Å². The SMILES string of the molecule is C=C(C)[C@@H]1CC[C@H]2[C@@]34CO[C@@](O)([C@@H](O)[C@@H]3C(C)(C)C3NC(=O)C3C4O)[C@@]2(C(C)=O)[C@@H]1O. The van der Waals surface area contributed by atoms with Crippen LogP contribution in [0.1, 0.15) is 40.5 Å². The molecule has 11 atom stereocenters.